The van der Waals surface area contributed by atoms with Gasteiger partial charge in [0.05, 0.1) is 10.7 Å². The van der Waals surface area contributed by atoms with Crippen LogP contribution in [0, 0.1) is 13.8 Å². The van der Waals surface area contributed by atoms with E-state index in [-0.39, 0.29) is 12.3 Å². The average molecular weight is 379 g/mol. The Balaban J connectivity index is 1.97. The van der Waals surface area contributed by atoms with Crippen LogP contribution >= 0.6 is 23.2 Å². The first-order valence-corrected chi connectivity index (χ1v) is 8.30. The van der Waals surface area contributed by atoms with Crippen LogP contribution in [-0.2, 0) is 13.7 Å². The van der Waals surface area contributed by atoms with Crippen LogP contribution in [0.2, 0.25) is 10.0 Å². The van der Waals surface area contributed by atoms with E-state index in [1.54, 1.807) is 18.2 Å². The van der Waals surface area contributed by atoms with Crippen molar-refractivity contribution < 1.29 is 4.74 Å². The van der Waals surface area contributed by atoms with Crippen molar-refractivity contribution in [2.75, 3.05) is 0 Å². The number of benzene rings is 2. The van der Waals surface area contributed by atoms with Gasteiger partial charge in [-0.05, 0) is 59.7 Å². The second-order valence-electron chi connectivity index (χ2n) is 5.69. The van der Waals surface area contributed by atoms with Crippen molar-refractivity contribution in [2.45, 2.75) is 20.5 Å². The zero-order chi connectivity index (χ0) is 18.1. The lowest BCUT2D eigenvalue weighted by molar-refractivity contribution is 0.305. The maximum atomic E-state index is 12.1. The number of tetrazole rings is 1. The molecule has 0 N–H and O–H groups in total. The summed E-state index contributed by atoms with van der Waals surface area (Å²) >= 11 is 12.6. The van der Waals surface area contributed by atoms with Gasteiger partial charge < -0.3 is 4.74 Å². The third kappa shape index (κ3) is 3.41. The molecule has 0 bridgehead atoms. The molecule has 2 aromatic carbocycles. The molecule has 0 saturated heterocycles. The molecule has 3 rings (SSSR count). The largest absolute Gasteiger partial charge is 0.487 e. The number of ether oxygens (including phenoxy) is 1. The standard InChI is InChI=1S/C17H16Cl2N4O2/c1-10-7-14(19)16(8-11(10)2)25-9-12-13(18)5-4-6-15(12)23-17(24)22(3)20-21-23/h4-8H,9H2,1-3H3. The van der Waals surface area contributed by atoms with Crippen molar-refractivity contribution in [3.8, 4) is 11.4 Å². The molecular formula is C17H16Cl2N4O2. The molecule has 3 aromatic rings. The summed E-state index contributed by atoms with van der Waals surface area (Å²) in [6, 6.07) is 8.94. The van der Waals surface area contributed by atoms with Crippen LogP contribution in [0.4, 0.5) is 0 Å². The first-order valence-electron chi connectivity index (χ1n) is 7.55. The number of hydrogen-bond acceptors (Lipinski definition) is 4. The maximum Gasteiger partial charge on any atom is 0.368 e. The molecule has 0 aliphatic carbocycles. The Hall–Kier alpha value is -2.31. The number of aromatic nitrogens is 4. The summed E-state index contributed by atoms with van der Waals surface area (Å²) in [4.78, 5) is 12.1. The van der Waals surface area contributed by atoms with Gasteiger partial charge >= 0.3 is 5.69 Å². The predicted molar refractivity (Wildman–Crippen MR) is 96.9 cm³/mol. The van der Waals surface area contributed by atoms with Crippen molar-refractivity contribution in [1.82, 2.24) is 19.8 Å². The molecule has 130 valence electrons. The van der Waals surface area contributed by atoms with Gasteiger partial charge in [0.15, 0.2) is 0 Å². The second-order valence-corrected chi connectivity index (χ2v) is 6.50. The molecule has 8 heteroatoms. The molecule has 0 aliphatic heterocycles. The van der Waals surface area contributed by atoms with Gasteiger partial charge in [0.1, 0.15) is 12.4 Å². The summed E-state index contributed by atoms with van der Waals surface area (Å²) in [5, 5.41) is 8.58. The molecule has 1 heterocycles. The van der Waals surface area contributed by atoms with Crippen LogP contribution in [0.3, 0.4) is 0 Å². The summed E-state index contributed by atoms with van der Waals surface area (Å²) in [5.74, 6) is 0.558. The van der Waals surface area contributed by atoms with Gasteiger partial charge in [-0.15, -0.1) is 0 Å². The lowest BCUT2D eigenvalue weighted by Gasteiger charge is -2.14. The molecule has 0 amide bonds. The summed E-state index contributed by atoms with van der Waals surface area (Å²) in [5.41, 5.74) is 2.94. The molecule has 1 aromatic heterocycles. The minimum Gasteiger partial charge on any atom is -0.487 e. The lowest BCUT2D eigenvalue weighted by Crippen LogP contribution is -2.23. The molecule has 0 fully saturated rings. The third-order valence-corrected chi connectivity index (χ3v) is 4.61. The molecule has 0 spiro atoms. The Morgan fingerprint density at radius 1 is 1.08 bits per heavy atom. The van der Waals surface area contributed by atoms with Gasteiger partial charge in [-0.3, -0.25) is 0 Å². The molecule has 0 aliphatic rings. The van der Waals surface area contributed by atoms with E-state index in [4.69, 9.17) is 27.9 Å². The number of halogens is 2. The van der Waals surface area contributed by atoms with Crippen molar-refractivity contribution in [3.63, 3.8) is 0 Å². The molecule has 0 unspecified atom stereocenters. The summed E-state index contributed by atoms with van der Waals surface area (Å²) in [6.07, 6.45) is 0. The highest BCUT2D eigenvalue weighted by molar-refractivity contribution is 6.32. The minimum absolute atomic E-state index is 0.139. The smallest absolute Gasteiger partial charge is 0.368 e. The van der Waals surface area contributed by atoms with Gasteiger partial charge in [-0.1, -0.05) is 29.3 Å². The molecule has 25 heavy (non-hydrogen) atoms. The highest BCUT2D eigenvalue weighted by atomic mass is 35.5. The Kier molecular flexibility index (Phi) is 4.83. The van der Waals surface area contributed by atoms with E-state index in [1.807, 2.05) is 26.0 Å². The highest BCUT2D eigenvalue weighted by Gasteiger charge is 2.15. The topological polar surface area (TPSA) is 61.9 Å². The fourth-order valence-electron chi connectivity index (χ4n) is 2.37. The number of aryl methyl sites for hydroxylation is 3. The zero-order valence-electron chi connectivity index (χ0n) is 14.0. The number of rotatable bonds is 4. The van der Waals surface area contributed by atoms with E-state index in [9.17, 15) is 4.79 Å². The summed E-state index contributed by atoms with van der Waals surface area (Å²) in [7, 11) is 1.53. The van der Waals surface area contributed by atoms with Gasteiger partial charge in [0.2, 0.25) is 0 Å². The highest BCUT2D eigenvalue weighted by Crippen LogP contribution is 2.30. The van der Waals surface area contributed by atoms with E-state index >= 15 is 0 Å². The SMILES string of the molecule is Cc1cc(Cl)c(OCc2c(Cl)cccc2-n2nnn(C)c2=O)cc1C. The van der Waals surface area contributed by atoms with E-state index in [0.29, 0.717) is 27.0 Å². The van der Waals surface area contributed by atoms with Gasteiger partial charge in [0.25, 0.3) is 0 Å². The van der Waals surface area contributed by atoms with Crippen molar-refractivity contribution in [3.05, 3.63) is 67.6 Å². The van der Waals surface area contributed by atoms with Crippen LogP contribution in [0.5, 0.6) is 5.75 Å². The van der Waals surface area contributed by atoms with Crippen LogP contribution in [0.1, 0.15) is 16.7 Å². The molecule has 0 radical (unpaired) electrons. The third-order valence-electron chi connectivity index (χ3n) is 3.96. The second kappa shape index (κ2) is 6.90. The number of nitrogens with zero attached hydrogens (tertiary/aromatic N) is 4. The van der Waals surface area contributed by atoms with Crippen LogP contribution < -0.4 is 10.4 Å². The van der Waals surface area contributed by atoms with E-state index < -0.39 is 0 Å². The van der Waals surface area contributed by atoms with Crippen LogP contribution in [0.15, 0.2) is 35.1 Å². The minimum atomic E-state index is -0.368. The van der Waals surface area contributed by atoms with E-state index in [2.05, 4.69) is 10.4 Å². The monoisotopic (exact) mass is 378 g/mol. The van der Waals surface area contributed by atoms with Gasteiger partial charge in [-0.25, -0.2) is 4.79 Å². The lowest BCUT2D eigenvalue weighted by atomic mass is 10.1. The van der Waals surface area contributed by atoms with Crippen molar-refractivity contribution >= 4 is 23.2 Å². The summed E-state index contributed by atoms with van der Waals surface area (Å²) in [6.45, 7) is 4.11. The molecular weight excluding hydrogens is 363 g/mol. The van der Waals surface area contributed by atoms with Gasteiger partial charge in [-0.2, -0.15) is 9.36 Å². The first kappa shape index (κ1) is 17.5. The van der Waals surface area contributed by atoms with E-state index in [1.165, 1.54) is 11.7 Å². The van der Waals surface area contributed by atoms with Crippen molar-refractivity contribution in [1.29, 1.82) is 0 Å². The van der Waals surface area contributed by atoms with E-state index in [0.717, 1.165) is 15.8 Å². The summed E-state index contributed by atoms with van der Waals surface area (Å²) < 4.78 is 8.19. The maximum absolute atomic E-state index is 12.1. The molecule has 0 saturated carbocycles. The Morgan fingerprint density at radius 3 is 2.48 bits per heavy atom. The molecule has 6 nitrogen and oxygen atoms in total. The quantitative estimate of drug-likeness (QED) is 0.697. The fraction of sp³-hybridized carbons (Fsp3) is 0.235. The Morgan fingerprint density at radius 2 is 1.80 bits per heavy atom. The molecule has 0 atom stereocenters. The Labute approximate surface area is 154 Å². The van der Waals surface area contributed by atoms with Crippen LogP contribution in [-0.4, -0.2) is 19.8 Å². The Bertz CT molecular complexity index is 995. The average Bonchev–Trinajstić information content (AvgIpc) is 2.90. The van der Waals surface area contributed by atoms with Crippen LogP contribution in [0.25, 0.3) is 5.69 Å². The normalized spacial score (nSPS) is 10.9. The first-order chi connectivity index (χ1) is 11.9. The number of hydrogen-bond donors (Lipinski definition) is 0. The zero-order valence-corrected chi connectivity index (χ0v) is 15.5. The van der Waals surface area contributed by atoms with Crippen molar-refractivity contribution in [2.24, 2.45) is 7.05 Å². The fourth-order valence-corrected chi connectivity index (χ4v) is 2.87. The predicted octanol–water partition coefficient (Wildman–Crippen LogP) is 3.47. The van der Waals surface area contributed by atoms with Gasteiger partial charge in [0, 0.05) is 17.6 Å².